The van der Waals surface area contributed by atoms with Crippen LogP contribution in [0, 0.1) is 5.92 Å². The first kappa shape index (κ1) is 12.8. The van der Waals surface area contributed by atoms with Gasteiger partial charge in [-0.1, -0.05) is 29.9 Å². The zero-order valence-electron chi connectivity index (χ0n) is 9.63. The summed E-state index contributed by atoms with van der Waals surface area (Å²) in [6.07, 6.45) is 4.42. The summed E-state index contributed by atoms with van der Waals surface area (Å²) in [5.74, 6) is -0.654. The van der Waals surface area contributed by atoms with E-state index in [1.807, 2.05) is 0 Å². The van der Waals surface area contributed by atoms with Crippen LogP contribution < -0.4 is 5.32 Å². The van der Waals surface area contributed by atoms with E-state index in [1.165, 1.54) is 18.4 Å². The Morgan fingerprint density at radius 2 is 2.44 bits per heavy atom. The number of nitrogens with zero attached hydrogens (tertiary/aromatic N) is 2. The molecule has 0 spiro atoms. The summed E-state index contributed by atoms with van der Waals surface area (Å²) in [5.41, 5.74) is 0.0360. The third kappa shape index (κ3) is 2.79. The van der Waals surface area contributed by atoms with Gasteiger partial charge in [0.15, 0.2) is 10.5 Å². The fourth-order valence-corrected chi connectivity index (χ4v) is 2.42. The van der Waals surface area contributed by atoms with Crippen molar-refractivity contribution in [3.05, 3.63) is 23.6 Å². The van der Waals surface area contributed by atoms with Gasteiger partial charge in [0.2, 0.25) is 5.91 Å². The topological polar surface area (TPSA) is 74.0 Å². The van der Waals surface area contributed by atoms with Crippen LogP contribution in [0.4, 0.5) is 4.39 Å². The second-order valence-corrected chi connectivity index (χ2v) is 5.10. The Balaban J connectivity index is 1.99. The monoisotopic (exact) mass is 269 g/mol. The summed E-state index contributed by atoms with van der Waals surface area (Å²) in [4.78, 5) is 15.9. The van der Waals surface area contributed by atoms with Crippen molar-refractivity contribution in [2.45, 2.75) is 18.8 Å². The number of oxime groups is 1. The molecule has 0 bridgehead atoms. The first-order chi connectivity index (χ1) is 8.60. The van der Waals surface area contributed by atoms with Crippen LogP contribution in [-0.4, -0.2) is 27.9 Å². The van der Waals surface area contributed by atoms with Gasteiger partial charge in [-0.15, -0.1) is 0 Å². The van der Waals surface area contributed by atoms with Gasteiger partial charge in [-0.05, 0) is 12.0 Å². The largest absolute Gasteiger partial charge is 0.410 e. The van der Waals surface area contributed by atoms with Crippen LogP contribution >= 0.6 is 11.8 Å². The third-order valence-electron chi connectivity index (χ3n) is 2.64. The molecule has 1 aliphatic carbocycles. The van der Waals surface area contributed by atoms with E-state index >= 15 is 0 Å². The number of carbonyl (C=O) groups is 1. The first-order valence-electron chi connectivity index (χ1n) is 5.39. The van der Waals surface area contributed by atoms with Gasteiger partial charge >= 0.3 is 0 Å². The van der Waals surface area contributed by atoms with Gasteiger partial charge in [0.05, 0.1) is 6.21 Å². The van der Waals surface area contributed by atoms with Crippen molar-refractivity contribution in [2.24, 2.45) is 16.1 Å². The van der Waals surface area contributed by atoms with Gasteiger partial charge in [-0.2, -0.15) is 0 Å². The molecule has 0 aromatic rings. The summed E-state index contributed by atoms with van der Waals surface area (Å²) < 4.78 is 13.0. The third-order valence-corrected chi connectivity index (χ3v) is 3.54. The van der Waals surface area contributed by atoms with Crippen LogP contribution in [0.3, 0.4) is 0 Å². The van der Waals surface area contributed by atoms with Gasteiger partial charge in [0, 0.05) is 12.0 Å². The Kier molecular flexibility index (Phi) is 3.81. The van der Waals surface area contributed by atoms with E-state index in [9.17, 15) is 9.18 Å². The summed E-state index contributed by atoms with van der Waals surface area (Å²) in [6.45, 7) is 1.80. The second-order valence-electron chi connectivity index (χ2n) is 4.00. The van der Waals surface area contributed by atoms with Gasteiger partial charge in [-0.3, -0.25) is 9.79 Å². The molecule has 18 heavy (non-hydrogen) atoms. The van der Waals surface area contributed by atoms with Crippen LogP contribution in [-0.2, 0) is 4.79 Å². The molecular formula is C11H12FN3O2S. The molecule has 2 unspecified atom stereocenters. The van der Waals surface area contributed by atoms with Crippen molar-refractivity contribution in [3.8, 4) is 0 Å². The number of aliphatic imine (C=N–C) groups is 1. The molecule has 7 heteroatoms. The molecule has 2 N–H and O–H groups in total. The molecule has 5 nitrogen and oxygen atoms in total. The lowest BCUT2D eigenvalue weighted by molar-refractivity contribution is -0.118. The second kappa shape index (κ2) is 5.34. The number of amides is 1. The highest BCUT2D eigenvalue weighted by atomic mass is 32.2. The minimum Gasteiger partial charge on any atom is -0.410 e. The van der Waals surface area contributed by atoms with Gasteiger partial charge in [0.25, 0.3) is 0 Å². The predicted molar refractivity (Wildman–Crippen MR) is 68.3 cm³/mol. The lowest BCUT2D eigenvalue weighted by atomic mass is 9.92. The summed E-state index contributed by atoms with van der Waals surface area (Å²) in [7, 11) is 0. The normalized spacial score (nSPS) is 29.1. The molecule has 0 saturated heterocycles. The molecule has 0 aromatic heterocycles. The molecule has 1 amide bonds. The number of rotatable bonds is 2. The molecule has 2 atom stereocenters. The van der Waals surface area contributed by atoms with E-state index in [0.717, 1.165) is 11.8 Å². The summed E-state index contributed by atoms with van der Waals surface area (Å²) >= 11 is 1.13. The molecule has 0 aromatic carbocycles. The van der Waals surface area contributed by atoms with Crippen molar-refractivity contribution in [1.29, 1.82) is 0 Å². The van der Waals surface area contributed by atoms with Crippen LogP contribution in [0.25, 0.3) is 0 Å². The Labute approximate surface area is 108 Å². The SMILES string of the molecule is CC1CC(F)=CC=C1C(=O)NC1N=CC(=NO)S1. The summed E-state index contributed by atoms with van der Waals surface area (Å²) in [6, 6.07) is 0. The molecule has 0 fully saturated rings. The van der Waals surface area contributed by atoms with Crippen molar-refractivity contribution in [2.75, 3.05) is 0 Å². The average Bonchev–Trinajstić information content (AvgIpc) is 2.76. The number of halogens is 1. The number of allylic oxidation sites excluding steroid dienone is 3. The fraction of sp³-hybridized carbons (Fsp3) is 0.364. The highest BCUT2D eigenvalue weighted by Crippen LogP contribution is 2.26. The van der Waals surface area contributed by atoms with E-state index < -0.39 is 5.50 Å². The molecule has 0 saturated carbocycles. The maximum absolute atomic E-state index is 13.0. The quantitative estimate of drug-likeness (QED) is 0.593. The standard InChI is InChI=1S/C11H12FN3O2S/c1-6-4-7(12)2-3-8(6)10(16)14-11-13-5-9(15-17)18-11/h2-3,5-6,11,17H,4H2,1H3,(H,14,16). The number of hydrogen-bond donors (Lipinski definition) is 2. The van der Waals surface area contributed by atoms with Gasteiger partial charge in [-0.25, -0.2) is 4.39 Å². The molecule has 2 rings (SSSR count). The van der Waals surface area contributed by atoms with Gasteiger partial charge < -0.3 is 10.5 Å². The van der Waals surface area contributed by atoms with Crippen LogP contribution in [0.15, 0.2) is 33.7 Å². The highest BCUT2D eigenvalue weighted by Gasteiger charge is 2.25. The van der Waals surface area contributed by atoms with E-state index in [2.05, 4.69) is 15.5 Å². The number of carbonyl (C=O) groups excluding carboxylic acids is 1. The van der Waals surface area contributed by atoms with E-state index in [4.69, 9.17) is 5.21 Å². The van der Waals surface area contributed by atoms with Crippen LogP contribution in [0.5, 0.6) is 0 Å². The Morgan fingerprint density at radius 3 is 3.06 bits per heavy atom. The molecular weight excluding hydrogens is 257 g/mol. The lowest BCUT2D eigenvalue weighted by Crippen LogP contribution is -2.33. The Morgan fingerprint density at radius 1 is 1.67 bits per heavy atom. The van der Waals surface area contributed by atoms with Crippen LogP contribution in [0.1, 0.15) is 13.3 Å². The van der Waals surface area contributed by atoms with E-state index in [0.29, 0.717) is 10.6 Å². The lowest BCUT2D eigenvalue weighted by Gasteiger charge is -2.19. The predicted octanol–water partition coefficient (Wildman–Crippen LogP) is 1.81. The van der Waals surface area contributed by atoms with Crippen molar-refractivity contribution >= 4 is 28.9 Å². The van der Waals surface area contributed by atoms with Crippen molar-refractivity contribution < 1.29 is 14.4 Å². The maximum Gasteiger partial charge on any atom is 0.249 e. The first-order valence-corrected chi connectivity index (χ1v) is 6.27. The minimum absolute atomic E-state index is 0.156. The molecule has 0 radical (unpaired) electrons. The van der Waals surface area contributed by atoms with E-state index in [1.54, 1.807) is 6.92 Å². The molecule has 2 aliphatic rings. The van der Waals surface area contributed by atoms with Crippen LogP contribution in [0.2, 0.25) is 0 Å². The number of nitrogens with one attached hydrogen (secondary N) is 1. The summed E-state index contributed by atoms with van der Waals surface area (Å²) in [5, 5.41) is 14.5. The fourth-order valence-electron chi connectivity index (χ4n) is 1.73. The van der Waals surface area contributed by atoms with Gasteiger partial charge in [0.1, 0.15) is 5.83 Å². The smallest absolute Gasteiger partial charge is 0.249 e. The molecule has 1 heterocycles. The number of hydrogen-bond acceptors (Lipinski definition) is 5. The van der Waals surface area contributed by atoms with E-state index in [-0.39, 0.29) is 24.1 Å². The zero-order chi connectivity index (χ0) is 13.1. The molecule has 1 aliphatic heterocycles. The number of thioether (sulfide) groups is 1. The maximum atomic E-state index is 13.0. The van der Waals surface area contributed by atoms with Crippen molar-refractivity contribution in [1.82, 2.24) is 5.32 Å². The average molecular weight is 269 g/mol. The molecule has 96 valence electrons. The highest BCUT2D eigenvalue weighted by molar-refractivity contribution is 8.16. The zero-order valence-corrected chi connectivity index (χ0v) is 10.4. The Bertz CT molecular complexity index is 485. The van der Waals surface area contributed by atoms with Crippen molar-refractivity contribution in [3.63, 3.8) is 0 Å². The minimum atomic E-state index is -0.493. The Hall–Kier alpha value is -1.63.